The normalized spacial score (nSPS) is 20.6. The largest absolute Gasteiger partial charge is 0.551 e. The lowest BCUT2D eigenvalue weighted by molar-refractivity contribution is 0.480. The average Bonchev–Trinajstić information content (AvgIpc) is 1.19. The Morgan fingerprint density at radius 1 is 0.423 bits per heavy atom. The highest BCUT2D eigenvalue weighted by molar-refractivity contribution is 6.84. The van der Waals surface area contributed by atoms with E-state index in [4.69, 9.17) is 35.4 Å². The first-order chi connectivity index (χ1) is 38.3. The van der Waals surface area contributed by atoms with Crippen LogP contribution in [0.2, 0.25) is 0 Å². The molecule has 2 aliphatic rings. The molecule has 0 spiro atoms. The Kier molecular flexibility index (Phi) is 2.66. The molecule has 3 heterocycles. The minimum Gasteiger partial charge on any atom is -0.551 e. The predicted molar refractivity (Wildman–Crippen MR) is 215 cm³/mol. The summed E-state index contributed by atoms with van der Waals surface area (Å²) in [5, 5.41) is -1.07. The van der Waals surface area contributed by atoms with Gasteiger partial charge in [0.2, 0.25) is 0 Å². The third-order valence-corrected chi connectivity index (χ3v) is 8.47. The molecule has 52 heavy (non-hydrogen) atoms. The topological polar surface area (TPSA) is 23.4 Å². The number of aromatic nitrogens is 1. The molecule has 0 aliphatic carbocycles. The second kappa shape index (κ2) is 11.4. The molecule has 4 heteroatoms. The number of benzene rings is 8. The molecule has 0 N–H and O–H groups in total. The molecule has 9 aromatic rings. The molecule has 0 bridgehead atoms. The summed E-state index contributed by atoms with van der Waals surface area (Å²) in [5.41, 5.74) is -9.45. The van der Waals surface area contributed by atoms with Gasteiger partial charge in [0, 0.05) is 32.8 Å². The molecule has 1 aromatic heterocycles. The van der Waals surface area contributed by atoms with E-state index in [1.54, 1.807) is 0 Å². The molecule has 2 aliphatic heterocycles. The molecule has 3 nitrogen and oxygen atoms in total. The minimum atomic E-state index is -1.99. The van der Waals surface area contributed by atoms with Gasteiger partial charge in [-0.15, -0.1) is 0 Å². The van der Waals surface area contributed by atoms with Crippen LogP contribution in [0, 0.1) is 0 Å². The second-order valence-electron chi connectivity index (χ2n) is 11.3. The Morgan fingerprint density at radius 3 is 1.85 bits per heavy atom. The first-order valence-corrected chi connectivity index (χ1v) is 15.3. The highest BCUT2D eigenvalue weighted by Crippen LogP contribution is 2.44. The van der Waals surface area contributed by atoms with Crippen molar-refractivity contribution < 1.29 is 50.5 Å². The summed E-state index contributed by atoms with van der Waals surface area (Å²) in [6.45, 7) is -1.99. The number of para-hydroxylation sites is 4. The lowest BCUT2D eigenvalue weighted by Gasteiger charge is -2.33. The van der Waals surface area contributed by atoms with Gasteiger partial charge in [-0.2, -0.15) is 0 Å². The van der Waals surface area contributed by atoms with Gasteiger partial charge in [-0.1, -0.05) is 133 Å². The number of ether oxygens (including phenoxy) is 1. The highest BCUT2D eigenvalue weighted by Gasteiger charge is 2.41. The smallest absolute Gasteiger partial charge is 0.434 e. The second-order valence-corrected chi connectivity index (χ2v) is 11.3. The van der Waals surface area contributed by atoms with Gasteiger partial charge in [-0.05, 0) is 81.7 Å². The van der Waals surface area contributed by atoms with Gasteiger partial charge >= 0.3 is 6.92 Å². The first kappa shape index (κ1) is 12.2. The van der Waals surface area contributed by atoms with Gasteiger partial charge in [0.15, 0.2) is 0 Å². The fourth-order valence-corrected chi connectivity index (χ4v) is 6.27. The summed E-state index contributed by atoms with van der Waals surface area (Å²) < 4.78 is 284. The van der Waals surface area contributed by atoms with E-state index in [0.717, 1.165) is 4.57 Å². The van der Waals surface area contributed by atoms with Gasteiger partial charge in [-0.3, -0.25) is 0 Å². The lowest BCUT2D eigenvalue weighted by Crippen LogP contribution is -2.53. The van der Waals surface area contributed by atoms with Crippen LogP contribution in [-0.4, -0.2) is 11.5 Å². The fourth-order valence-electron chi connectivity index (χ4n) is 6.27. The summed E-state index contributed by atoms with van der Waals surface area (Å²) in [4.78, 5) is 0. The summed E-state index contributed by atoms with van der Waals surface area (Å²) in [6, 6.07) is -28.4. The van der Waals surface area contributed by atoms with Gasteiger partial charge in [0.05, 0.1) is 57.8 Å². The Bertz CT molecular complexity index is 4490. The molecule has 0 atom stereocenters. The Balaban J connectivity index is 1.31. The Morgan fingerprint density at radius 2 is 1.04 bits per heavy atom. The number of hydrogen-bond acceptors (Lipinski definition) is 2. The molecule has 0 saturated carbocycles. The van der Waals surface area contributed by atoms with Crippen molar-refractivity contribution in [2.24, 2.45) is 0 Å². The Hall–Kier alpha value is -6.78. The number of nitrogens with zero attached hydrogens (tertiary/aromatic N) is 1. The number of fused-ring (bicyclic) bond motifs is 7. The van der Waals surface area contributed by atoms with Crippen LogP contribution in [0.1, 0.15) is 41.1 Å². The van der Waals surface area contributed by atoms with Crippen LogP contribution in [0.5, 0.6) is 17.2 Å². The van der Waals surface area contributed by atoms with Crippen molar-refractivity contribution in [3.8, 4) is 67.4 Å². The van der Waals surface area contributed by atoms with Crippen molar-refractivity contribution in [3.63, 3.8) is 0 Å². The van der Waals surface area contributed by atoms with Crippen LogP contribution in [0.25, 0.3) is 72.0 Å². The van der Waals surface area contributed by atoms with E-state index >= 15 is 0 Å². The number of hydrogen-bond donors (Lipinski definition) is 0. The molecule has 0 fully saturated rings. The SMILES string of the molecule is [2H]c1c([2H])c([2H])c(-c2c([2H])c([2H])c([2H])c(-c3c([2H])c([2H])c4c(c3[2H])Oc3c([2H])c(-c5c([2H])c([2H])c([2H])c([2H])c5-n5c6c([2H])c([2H])c([2H])c([2H])c6c6c([2H])c([2H])c([2H])c([2H])c65)c([2H])c5c3B4Oc3c([2H])c([2H])c([2H])c([2H])c3-5)c2[2H])c([2H])c1[2H]. The van der Waals surface area contributed by atoms with E-state index in [9.17, 15) is 15.1 Å². The van der Waals surface area contributed by atoms with E-state index in [2.05, 4.69) is 0 Å². The van der Waals surface area contributed by atoms with Crippen molar-refractivity contribution in [1.82, 2.24) is 4.57 Å². The maximum Gasteiger partial charge on any atom is 0.434 e. The van der Waals surface area contributed by atoms with E-state index in [-0.39, 0.29) is 0 Å². The summed E-state index contributed by atoms with van der Waals surface area (Å²) in [6.07, 6.45) is 0. The van der Waals surface area contributed by atoms with Crippen molar-refractivity contribution in [3.05, 3.63) is 181 Å². The van der Waals surface area contributed by atoms with Gasteiger partial charge in [0.1, 0.15) is 17.2 Å². The Labute approximate surface area is 344 Å². The molecule has 0 radical (unpaired) electrons. The highest BCUT2D eigenvalue weighted by atomic mass is 16.5. The van der Waals surface area contributed by atoms with Crippen LogP contribution in [0.3, 0.4) is 0 Å². The predicted octanol–water partition coefficient (Wildman–Crippen LogP) is 11.1. The monoisotopic (exact) mass is 693 g/mol. The van der Waals surface area contributed by atoms with Crippen LogP contribution >= 0.6 is 0 Å². The van der Waals surface area contributed by atoms with Crippen molar-refractivity contribution in [2.75, 3.05) is 0 Å². The molecular weight excluding hydrogens is 633 g/mol. The van der Waals surface area contributed by atoms with Crippen molar-refractivity contribution in [1.29, 1.82) is 0 Å². The zero-order chi connectivity index (χ0) is 60.3. The summed E-state index contributed by atoms with van der Waals surface area (Å²) in [7, 11) is 0. The first-order valence-electron chi connectivity index (χ1n) is 30.3. The number of rotatable bonds is 4. The van der Waals surface area contributed by atoms with Crippen LogP contribution in [0.4, 0.5) is 0 Å². The zero-order valence-corrected chi connectivity index (χ0v) is 25.8. The molecular formula is C48H30BNO2. The molecule has 0 amide bonds. The quantitative estimate of drug-likeness (QED) is 0.171. The fraction of sp³-hybridized carbons (Fsp3) is 0. The molecule has 242 valence electrons. The van der Waals surface area contributed by atoms with E-state index < -0.39 is 288 Å². The minimum absolute atomic E-state index is 0.468. The maximum absolute atomic E-state index is 10.1. The standard InChI is InChI=1S/C48H30BNO2/c1-2-13-31(14-3-1)32-15-12-16-33(27-32)34-25-26-41-46(29-34)51-47-30-35(28-40-39-20-7-11-24-45(39)52-49(41)48(40)47)36-17-4-8-21-42(36)50-43-22-9-5-18-37(43)38-19-6-10-23-44(38)50/h1-30H/i1D,2D,3D,4D,5D,6D,7D,8D,9D,10D,11D,12D,13D,14D,15D,16D,17D,18D,19D,20D,21D,22D,23D,24D,25D,26D,27D,28D,29D,30D. The van der Waals surface area contributed by atoms with Gasteiger partial charge < -0.3 is 14.0 Å². The average molecular weight is 694 g/mol. The molecule has 0 unspecified atom stereocenters. The van der Waals surface area contributed by atoms with Crippen LogP contribution < -0.4 is 20.3 Å². The van der Waals surface area contributed by atoms with Gasteiger partial charge in [-0.25, -0.2) is 0 Å². The lowest BCUT2D eigenvalue weighted by atomic mass is 9.50. The third-order valence-electron chi connectivity index (χ3n) is 8.47. The van der Waals surface area contributed by atoms with Gasteiger partial charge in [0.25, 0.3) is 0 Å². The molecule has 11 rings (SSSR count). The van der Waals surface area contributed by atoms with Crippen molar-refractivity contribution >= 4 is 39.6 Å². The summed E-state index contributed by atoms with van der Waals surface area (Å²) in [5.74, 6) is -2.37. The van der Waals surface area contributed by atoms with E-state index in [1.807, 2.05) is 0 Å². The molecule has 8 aromatic carbocycles. The molecule has 0 saturated heterocycles. The zero-order valence-electron chi connectivity index (χ0n) is 55.8. The maximum atomic E-state index is 10.1. The van der Waals surface area contributed by atoms with Crippen LogP contribution in [0.15, 0.2) is 181 Å². The van der Waals surface area contributed by atoms with Crippen LogP contribution in [-0.2, 0) is 0 Å². The van der Waals surface area contributed by atoms with Crippen molar-refractivity contribution in [2.45, 2.75) is 0 Å². The van der Waals surface area contributed by atoms with E-state index in [1.165, 1.54) is 0 Å². The summed E-state index contributed by atoms with van der Waals surface area (Å²) >= 11 is 0. The van der Waals surface area contributed by atoms with E-state index in [0.29, 0.717) is 0 Å². The third kappa shape index (κ3) is 4.41.